The van der Waals surface area contributed by atoms with E-state index in [1.165, 1.54) is 18.7 Å². The zero-order valence-electron chi connectivity index (χ0n) is 10.1. The molecule has 6 heteroatoms. The van der Waals surface area contributed by atoms with Crippen LogP contribution in [0.5, 0.6) is 5.75 Å². The number of nitrogens with one attached hydrogen (secondary N) is 1. The van der Waals surface area contributed by atoms with Crippen molar-refractivity contribution < 1.29 is 9.90 Å². The van der Waals surface area contributed by atoms with Crippen molar-refractivity contribution in [1.29, 1.82) is 0 Å². The minimum Gasteiger partial charge on any atom is -0.507 e. The number of aryl methyl sites for hydroxylation is 1. The topological polar surface area (TPSA) is 78.9 Å². The molecule has 0 saturated carbocycles. The number of H-pyrrole nitrogens is 1. The van der Waals surface area contributed by atoms with E-state index < -0.39 is 0 Å². The highest BCUT2D eigenvalue weighted by atomic mass is 32.2. The van der Waals surface area contributed by atoms with Crippen molar-refractivity contribution in [3.63, 3.8) is 0 Å². The van der Waals surface area contributed by atoms with E-state index in [2.05, 4.69) is 15.2 Å². The molecule has 94 valence electrons. The minimum absolute atomic E-state index is 0.0736. The average molecular weight is 263 g/mol. The van der Waals surface area contributed by atoms with Crippen molar-refractivity contribution in [2.75, 3.05) is 5.75 Å². The molecule has 1 aromatic carbocycles. The summed E-state index contributed by atoms with van der Waals surface area (Å²) in [4.78, 5) is 15.1. The summed E-state index contributed by atoms with van der Waals surface area (Å²) in [5.41, 5.74) is 1.57. The standard InChI is InChI=1S/C12H13N3O2S/c1-7-3-4-9(10(17)5-7)11-13-12(15-14-11)18-6-8(2)16/h3-5,17H,6H2,1-2H3,(H,13,14,15). The highest BCUT2D eigenvalue weighted by Crippen LogP contribution is 2.28. The van der Waals surface area contributed by atoms with Crippen LogP contribution in [-0.4, -0.2) is 31.8 Å². The largest absolute Gasteiger partial charge is 0.507 e. The van der Waals surface area contributed by atoms with Crippen LogP contribution in [0.25, 0.3) is 11.4 Å². The summed E-state index contributed by atoms with van der Waals surface area (Å²) < 4.78 is 0. The summed E-state index contributed by atoms with van der Waals surface area (Å²) in [6.07, 6.45) is 0. The predicted molar refractivity (Wildman–Crippen MR) is 69.6 cm³/mol. The third-order valence-corrected chi connectivity index (χ3v) is 3.27. The van der Waals surface area contributed by atoms with Gasteiger partial charge in [-0.05, 0) is 31.5 Å². The van der Waals surface area contributed by atoms with Crippen LogP contribution in [0.4, 0.5) is 0 Å². The zero-order valence-corrected chi connectivity index (χ0v) is 10.9. The summed E-state index contributed by atoms with van der Waals surface area (Å²) in [5, 5.41) is 17.1. The van der Waals surface area contributed by atoms with Crippen LogP contribution in [0, 0.1) is 6.92 Å². The van der Waals surface area contributed by atoms with Gasteiger partial charge in [-0.2, -0.15) is 0 Å². The molecular weight excluding hydrogens is 250 g/mol. The molecule has 0 aliphatic carbocycles. The van der Waals surface area contributed by atoms with E-state index in [1.54, 1.807) is 12.1 Å². The number of nitrogens with zero attached hydrogens (tertiary/aromatic N) is 2. The van der Waals surface area contributed by atoms with E-state index >= 15 is 0 Å². The molecule has 0 spiro atoms. The molecule has 2 aromatic rings. The van der Waals surface area contributed by atoms with E-state index in [0.717, 1.165) is 5.56 Å². The second-order valence-electron chi connectivity index (χ2n) is 3.98. The Bertz CT molecular complexity index is 580. The number of phenols is 1. The molecule has 1 aromatic heterocycles. The van der Waals surface area contributed by atoms with Gasteiger partial charge in [0.1, 0.15) is 11.5 Å². The van der Waals surface area contributed by atoms with Gasteiger partial charge in [-0.3, -0.25) is 9.89 Å². The Morgan fingerprint density at radius 1 is 1.50 bits per heavy atom. The smallest absolute Gasteiger partial charge is 0.209 e. The van der Waals surface area contributed by atoms with Gasteiger partial charge in [-0.1, -0.05) is 17.8 Å². The second kappa shape index (κ2) is 5.22. The Hall–Kier alpha value is -1.82. The van der Waals surface area contributed by atoms with Crippen LogP contribution < -0.4 is 0 Å². The summed E-state index contributed by atoms with van der Waals surface area (Å²) in [6.45, 7) is 3.42. The molecule has 0 saturated heterocycles. The van der Waals surface area contributed by atoms with Crippen LogP contribution >= 0.6 is 11.8 Å². The van der Waals surface area contributed by atoms with E-state index in [4.69, 9.17) is 0 Å². The number of carbonyl (C=O) groups excluding carboxylic acids is 1. The lowest BCUT2D eigenvalue weighted by Crippen LogP contribution is -1.93. The Labute approximate surface area is 109 Å². The first-order valence-corrected chi connectivity index (χ1v) is 6.39. The molecule has 0 atom stereocenters. The molecule has 2 N–H and O–H groups in total. The fourth-order valence-electron chi connectivity index (χ4n) is 1.44. The minimum atomic E-state index is 0.0736. The van der Waals surface area contributed by atoms with Crippen LogP contribution in [0.1, 0.15) is 12.5 Å². The second-order valence-corrected chi connectivity index (χ2v) is 4.92. The quantitative estimate of drug-likeness (QED) is 0.826. The molecule has 0 radical (unpaired) electrons. The van der Waals surface area contributed by atoms with Crippen molar-refractivity contribution in [2.24, 2.45) is 0 Å². The Balaban J connectivity index is 2.21. The molecule has 0 unspecified atom stereocenters. The van der Waals surface area contributed by atoms with Gasteiger partial charge in [0.25, 0.3) is 0 Å². The van der Waals surface area contributed by atoms with Gasteiger partial charge >= 0.3 is 0 Å². The molecule has 2 rings (SSSR count). The molecule has 1 heterocycles. The Kier molecular flexibility index (Phi) is 3.66. The lowest BCUT2D eigenvalue weighted by Gasteiger charge is -2.01. The van der Waals surface area contributed by atoms with Gasteiger partial charge in [0.15, 0.2) is 5.82 Å². The van der Waals surface area contributed by atoms with E-state index in [0.29, 0.717) is 22.3 Å². The van der Waals surface area contributed by atoms with Crippen LogP contribution in [0.3, 0.4) is 0 Å². The number of rotatable bonds is 4. The first-order chi connectivity index (χ1) is 8.56. The monoisotopic (exact) mass is 263 g/mol. The van der Waals surface area contributed by atoms with Crippen molar-refractivity contribution in [3.8, 4) is 17.1 Å². The lowest BCUT2D eigenvalue weighted by molar-refractivity contribution is -0.114. The molecule has 0 aliphatic heterocycles. The zero-order chi connectivity index (χ0) is 13.1. The van der Waals surface area contributed by atoms with Gasteiger partial charge in [-0.15, -0.1) is 5.10 Å². The van der Waals surface area contributed by atoms with Crippen molar-refractivity contribution >= 4 is 17.5 Å². The van der Waals surface area contributed by atoms with Crippen molar-refractivity contribution in [2.45, 2.75) is 19.0 Å². The Morgan fingerprint density at radius 2 is 2.28 bits per heavy atom. The van der Waals surface area contributed by atoms with Gasteiger partial charge in [0.05, 0.1) is 11.3 Å². The molecule has 0 aliphatic rings. The third kappa shape index (κ3) is 2.89. The first-order valence-electron chi connectivity index (χ1n) is 5.41. The van der Waals surface area contributed by atoms with Gasteiger partial charge in [0, 0.05) is 0 Å². The molecule has 18 heavy (non-hydrogen) atoms. The number of benzene rings is 1. The summed E-state index contributed by atoms with van der Waals surface area (Å²) in [7, 11) is 0. The van der Waals surface area contributed by atoms with Gasteiger partial charge < -0.3 is 5.11 Å². The van der Waals surface area contributed by atoms with Crippen LogP contribution in [-0.2, 0) is 4.79 Å². The number of aromatic nitrogens is 3. The molecule has 0 amide bonds. The van der Waals surface area contributed by atoms with E-state index in [1.807, 2.05) is 13.0 Å². The Morgan fingerprint density at radius 3 is 2.94 bits per heavy atom. The SMILES string of the molecule is CC(=O)CSc1n[nH]c(-c2ccc(C)cc2O)n1. The van der Waals surface area contributed by atoms with E-state index in [-0.39, 0.29) is 11.5 Å². The lowest BCUT2D eigenvalue weighted by atomic mass is 10.1. The van der Waals surface area contributed by atoms with Crippen molar-refractivity contribution in [1.82, 2.24) is 15.2 Å². The fraction of sp³-hybridized carbons (Fsp3) is 0.250. The number of phenolic OH excluding ortho intramolecular Hbond substituents is 1. The number of hydrogen-bond donors (Lipinski definition) is 2. The molecule has 0 fully saturated rings. The first kappa shape index (κ1) is 12.6. The number of aromatic amines is 1. The number of aromatic hydroxyl groups is 1. The van der Waals surface area contributed by atoms with Gasteiger partial charge in [0.2, 0.25) is 5.16 Å². The highest BCUT2D eigenvalue weighted by molar-refractivity contribution is 7.99. The predicted octanol–water partition coefficient (Wildman–Crippen LogP) is 2.17. The number of carbonyl (C=O) groups is 1. The third-order valence-electron chi connectivity index (χ3n) is 2.28. The van der Waals surface area contributed by atoms with E-state index in [9.17, 15) is 9.90 Å². The molecule has 5 nitrogen and oxygen atoms in total. The average Bonchev–Trinajstić information content (AvgIpc) is 2.75. The maximum absolute atomic E-state index is 10.9. The number of Topliss-reactive ketones (excluding diaryl/α,β-unsaturated/α-hetero) is 1. The fourth-order valence-corrected chi connectivity index (χ4v) is 2.04. The molecular formula is C12H13N3O2S. The highest BCUT2D eigenvalue weighted by Gasteiger charge is 2.10. The van der Waals surface area contributed by atoms with Crippen LogP contribution in [0.2, 0.25) is 0 Å². The molecule has 0 bridgehead atoms. The van der Waals surface area contributed by atoms with Crippen molar-refractivity contribution in [3.05, 3.63) is 23.8 Å². The number of thioether (sulfide) groups is 1. The summed E-state index contributed by atoms with van der Waals surface area (Å²) >= 11 is 1.27. The number of hydrogen-bond acceptors (Lipinski definition) is 5. The maximum Gasteiger partial charge on any atom is 0.209 e. The van der Waals surface area contributed by atoms with Crippen LogP contribution in [0.15, 0.2) is 23.4 Å². The maximum atomic E-state index is 10.9. The number of ketones is 1. The summed E-state index contributed by atoms with van der Waals surface area (Å²) in [6, 6.07) is 5.34. The summed E-state index contributed by atoms with van der Waals surface area (Å²) in [5.74, 6) is 1.08. The van der Waals surface area contributed by atoms with Gasteiger partial charge in [-0.25, -0.2) is 4.98 Å². The normalized spacial score (nSPS) is 10.6.